The van der Waals surface area contributed by atoms with Crippen LogP contribution >= 0.6 is 0 Å². The van der Waals surface area contributed by atoms with Gasteiger partial charge < -0.3 is 10.6 Å². The van der Waals surface area contributed by atoms with Gasteiger partial charge in [0, 0.05) is 6.54 Å². The van der Waals surface area contributed by atoms with Crippen molar-refractivity contribution in [3.8, 4) is 0 Å². The minimum Gasteiger partial charge on any atom is -0.370 e. The summed E-state index contributed by atoms with van der Waals surface area (Å²) in [5.41, 5.74) is 4.97. The predicted octanol–water partition coefficient (Wildman–Crippen LogP) is 0.467. The fraction of sp³-hybridized carbons (Fsp3) is 0.800. The van der Waals surface area contributed by atoms with E-state index in [1.807, 2.05) is 0 Å². The number of guanidine groups is 1. The van der Waals surface area contributed by atoms with Crippen LogP contribution in [0.2, 0.25) is 0 Å². The average Bonchev–Trinajstić information content (AvgIpc) is 1.81. The van der Waals surface area contributed by atoms with Crippen LogP contribution in [-0.4, -0.2) is 30.4 Å². The van der Waals surface area contributed by atoms with Crippen molar-refractivity contribution in [3.63, 3.8) is 0 Å². The maximum atomic E-state index is 11.6. The third-order valence-corrected chi connectivity index (χ3v) is 1.08. The summed E-state index contributed by atoms with van der Waals surface area (Å²) >= 11 is 0. The smallest absolute Gasteiger partial charge is 0.255 e. The van der Waals surface area contributed by atoms with Gasteiger partial charge in [0.2, 0.25) is 0 Å². The Bertz CT molecular complexity index is 115. The number of halogens is 2. The Morgan fingerprint density at radius 3 is 2.30 bits per heavy atom. The van der Waals surface area contributed by atoms with E-state index < -0.39 is 13.0 Å². The number of nitrogens with zero attached hydrogens (tertiary/aromatic N) is 1. The van der Waals surface area contributed by atoms with Crippen molar-refractivity contribution in [1.82, 2.24) is 4.90 Å². The fourth-order valence-corrected chi connectivity index (χ4v) is 0.564. The van der Waals surface area contributed by atoms with Gasteiger partial charge in [0.15, 0.2) is 5.96 Å². The molecule has 0 rings (SSSR count). The van der Waals surface area contributed by atoms with E-state index in [4.69, 9.17) is 11.1 Å². The SMILES string of the molecule is CCN(CC(F)F)C(=N)N. The van der Waals surface area contributed by atoms with Crippen LogP contribution in [0.5, 0.6) is 0 Å². The molecule has 0 unspecified atom stereocenters. The summed E-state index contributed by atoms with van der Waals surface area (Å²) < 4.78 is 23.3. The first kappa shape index (κ1) is 9.13. The zero-order valence-electron chi connectivity index (χ0n) is 5.77. The van der Waals surface area contributed by atoms with Crippen molar-refractivity contribution in [2.45, 2.75) is 13.3 Å². The van der Waals surface area contributed by atoms with Crippen LogP contribution in [0.1, 0.15) is 6.92 Å². The Balaban J connectivity index is 3.72. The third kappa shape index (κ3) is 3.21. The van der Waals surface area contributed by atoms with Gasteiger partial charge in [-0.1, -0.05) is 0 Å². The zero-order chi connectivity index (χ0) is 8.15. The topological polar surface area (TPSA) is 53.1 Å². The van der Waals surface area contributed by atoms with Gasteiger partial charge in [0.1, 0.15) is 0 Å². The Kier molecular flexibility index (Phi) is 3.68. The lowest BCUT2D eigenvalue weighted by Crippen LogP contribution is -2.39. The highest BCUT2D eigenvalue weighted by Gasteiger charge is 2.10. The van der Waals surface area contributed by atoms with E-state index in [1.54, 1.807) is 6.92 Å². The van der Waals surface area contributed by atoms with Crippen LogP contribution in [0, 0.1) is 5.41 Å². The van der Waals surface area contributed by atoms with Gasteiger partial charge in [-0.2, -0.15) is 0 Å². The molecule has 3 nitrogen and oxygen atoms in total. The monoisotopic (exact) mass is 151 g/mol. The summed E-state index contributed by atoms with van der Waals surface area (Å²) in [6.07, 6.45) is -2.43. The molecule has 0 aliphatic carbocycles. The molecule has 0 saturated carbocycles. The maximum absolute atomic E-state index is 11.6. The second-order valence-corrected chi connectivity index (χ2v) is 1.81. The number of rotatable bonds is 3. The summed E-state index contributed by atoms with van der Waals surface area (Å²) in [4.78, 5) is 1.10. The van der Waals surface area contributed by atoms with E-state index in [9.17, 15) is 8.78 Å². The highest BCUT2D eigenvalue weighted by atomic mass is 19.3. The molecule has 0 spiro atoms. The summed E-state index contributed by atoms with van der Waals surface area (Å²) in [6.45, 7) is 1.56. The molecule has 0 aromatic rings. The van der Waals surface area contributed by atoms with Gasteiger partial charge in [0.05, 0.1) is 6.54 Å². The molecule has 3 N–H and O–H groups in total. The minimum atomic E-state index is -2.43. The van der Waals surface area contributed by atoms with E-state index in [-0.39, 0.29) is 5.96 Å². The Hall–Kier alpha value is -0.870. The summed E-state index contributed by atoms with van der Waals surface area (Å²) in [5, 5.41) is 6.82. The maximum Gasteiger partial charge on any atom is 0.255 e. The molecule has 5 heteroatoms. The van der Waals surface area contributed by atoms with Gasteiger partial charge in [-0.15, -0.1) is 0 Å². The standard InChI is InChI=1S/C5H11F2N3/c1-2-10(5(8)9)3-4(6)7/h4H,2-3H2,1H3,(H3,8,9). The lowest BCUT2D eigenvalue weighted by atomic mass is 10.5. The number of alkyl halides is 2. The molecule has 10 heavy (non-hydrogen) atoms. The molecule has 0 amide bonds. The molecule has 0 aromatic heterocycles. The average molecular weight is 151 g/mol. The van der Waals surface area contributed by atoms with E-state index in [0.717, 1.165) is 4.90 Å². The highest BCUT2D eigenvalue weighted by molar-refractivity contribution is 5.74. The van der Waals surface area contributed by atoms with Crippen molar-refractivity contribution in [2.24, 2.45) is 5.73 Å². The van der Waals surface area contributed by atoms with Crippen molar-refractivity contribution < 1.29 is 8.78 Å². The minimum absolute atomic E-state index is 0.303. The molecule has 0 radical (unpaired) electrons. The summed E-state index contributed by atoms with van der Waals surface area (Å²) in [7, 11) is 0. The molecule has 0 bridgehead atoms. The van der Waals surface area contributed by atoms with Gasteiger partial charge in [-0.25, -0.2) is 8.78 Å². The highest BCUT2D eigenvalue weighted by Crippen LogP contribution is 1.95. The normalized spacial score (nSPS) is 10.0. The lowest BCUT2D eigenvalue weighted by molar-refractivity contribution is 0.117. The number of nitrogens with one attached hydrogen (secondary N) is 1. The molecular formula is C5H11F2N3. The second kappa shape index (κ2) is 4.03. The van der Waals surface area contributed by atoms with Crippen LogP contribution in [0.4, 0.5) is 8.78 Å². The first-order chi connectivity index (χ1) is 4.57. The predicted molar refractivity (Wildman–Crippen MR) is 35.2 cm³/mol. The summed E-state index contributed by atoms with van der Waals surface area (Å²) in [6, 6.07) is 0. The zero-order valence-corrected chi connectivity index (χ0v) is 5.77. The quantitative estimate of drug-likeness (QED) is 0.455. The van der Waals surface area contributed by atoms with Crippen LogP contribution in [0.25, 0.3) is 0 Å². The van der Waals surface area contributed by atoms with E-state index >= 15 is 0 Å². The molecule has 0 heterocycles. The molecule has 0 atom stereocenters. The Morgan fingerprint density at radius 1 is 1.70 bits per heavy atom. The fourth-order valence-electron chi connectivity index (χ4n) is 0.564. The van der Waals surface area contributed by atoms with Crippen molar-refractivity contribution in [1.29, 1.82) is 5.41 Å². The van der Waals surface area contributed by atoms with Gasteiger partial charge >= 0.3 is 0 Å². The van der Waals surface area contributed by atoms with Crippen molar-refractivity contribution in [3.05, 3.63) is 0 Å². The summed E-state index contributed by atoms with van der Waals surface area (Å²) in [5.74, 6) is -0.303. The van der Waals surface area contributed by atoms with Crippen LogP contribution < -0.4 is 5.73 Å². The number of nitrogens with two attached hydrogens (primary N) is 1. The Morgan fingerprint density at radius 2 is 2.20 bits per heavy atom. The van der Waals surface area contributed by atoms with Gasteiger partial charge in [-0.05, 0) is 6.92 Å². The molecule has 60 valence electrons. The van der Waals surface area contributed by atoms with Crippen molar-refractivity contribution in [2.75, 3.05) is 13.1 Å². The molecule has 0 aliphatic heterocycles. The van der Waals surface area contributed by atoms with Crippen molar-refractivity contribution >= 4 is 5.96 Å². The van der Waals surface area contributed by atoms with Crippen LogP contribution in [0.15, 0.2) is 0 Å². The first-order valence-corrected chi connectivity index (χ1v) is 2.95. The second-order valence-electron chi connectivity index (χ2n) is 1.81. The molecule has 0 aromatic carbocycles. The number of hydrogen-bond acceptors (Lipinski definition) is 1. The first-order valence-electron chi connectivity index (χ1n) is 2.95. The molecule has 0 aliphatic rings. The lowest BCUT2D eigenvalue weighted by Gasteiger charge is -2.19. The third-order valence-electron chi connectivity index (χ3n) is 1.08. The largest absolute Gasteiger partial charge is 0.370 e. The number of hydrogen-bond donors (Lipinski definition) is 2. The van der Waals surface area contributed by atoms with Crippen LogP contribution in [-0.2, 0) is 0 Å². The molecular weight excluding hydrogens is 140 g/mol. The van der Waals surface area contributed by atoms with E-state index in [2.05, 4.69) is 0 Å². The molecule has 0 saturated heterocycles. The van der Waals surface area contributed by atoms with E-state index in [0.29, 0.717) is 6.54 Å². The Labute approximate surface area is 58.3 Å². The van der Waals surface area contributed by atoms with Crippen LogP contribution in [0.3, 0.4) is 0 Å². The van der Waals surface area contributed by atoms with Gasteiger partial charge in [0.25, 0.3) is 6.43 Å². The van der Waals surface area contributed by atoms with E-state index in [1.165, 1.54) is 0 Å². The van der Waals surface area contributed by atoms with Gasteiger partial charge in [-0.3, -0.25) is 5.41 Å². The molecule has 0 fully saturated rings.